The fourth-order valence-electron chi connectivity index (χ4n) is 3.32. The summed E-state index contributed by atoms with van der Waals surface area (Å²) in [6.07, 6.45) is 0.658. The van der Waals surface area contributed by atoms with Gasteiger partial charge in [0.25, 0.3) is 0 Å². The lowest BCUT2D eigenvalue weighted by Gasteiger charge is -2.26. The highest BCUT2D eigenvalue weighted by Gasteiger charge is 2.21. The summed E-state index contributed by atoms with van der Waals surface area (Å²) in [4.78, 5) is 24.3. The first-order valence-corrected chi connectivity index (χ1v) is 11.1. The molecule has 2 aromatic carbocycles. The van der Waals surface area contributed by atoms with Gasteiger partial charge < -0.3 is 15.4 Å². The van der Waals surface area contributed by atoms with Crippen molar-refractivity contribution in [3.63, 3.8) is 0 Å². The highest BCUT2D eigenvalue weighted by atomic mass is 32.2. The van der Waals surface area contributed by atoms with Gasteiger partial charge in [0.2, 0.25) is 11.8 Å². The van der Waals surface area contributed by atoms with E-state index in [0.717, 1.165) is 23.1 Å². The largest absolute Gasteiger partial charge is 0.371 e. The summed E-state index contributed by atoms with van der Waals surface area (Å²) in [5, 5.41) is 5.54. The van der Waals surface area contributed by atoms with Crippen LogP contribution in [0.4, 0.5) is 5.69 Å². The molecule has 1 aliphatic rings. The van der Waals surface area contributed by atoms with Crippen LogP contribution in [0.25, 0.3) is 0 Å². The van der Waals surface area contributed by atoms with E-state index in [-0.39, 0.29) is 29.4 Å². The lowest BCUT2D eigenvalue weighted by atomic mass is 9.97. The Morgan fingerprint density at radius 1 is 1.07 bits per heavy atom. The van der Waals surface area contributed by atoms with Gasteiger partial charge in [-0.25, -0.2) is 0 Å². The molecule has 1 heterocycles. The zero-order valence-electron chi connectivity index (χ0n) is 16.7. The maximum Gasteiger partial charge on any atom is 0.237 e. The van der Waals surface area contributed by atoms with E-state index in [1.807, 2.05) is 44.2 Å². The number of fused-ring (bicyclic) bond motifs is 1. The molecule has 0 bridgehead atoms. The average molecular weight is 415 g/mol. The zero-order chi connectivity index (χ0) is 20.8. The van der Waals surface area contributed by atoms with Crippen LogP contribution in [0.1, 0.15) is 28.4 Å². The molecule has 2 atom stereocenters. The first-order valence-electron chi connectivity index (χ1n) is 9.61. The Hall–Kier alpha value is -2.51. The van der Waals surface area contributed by atoms with E-state index < -0.39 is 10.8 Å². The van der Waals surface area contributed by atoms with Crippen molar-refractivity contribution in [2.45, 2.75) is 26.4 Å². The molecule has 7 heteroatoms. The minimum absolute atomic E-state index is 0.204. The van der Waals surface area contributed by atoms with Crippen LogP contribution < -0.4 is 10.6 Å². The second-order valence-electron chi connectivity index (χ2n) is 7.14. The van der Waals surface area contributed by atoms with Gasteiger partial charge in [-0.3, -0.25) is 13.8 Å². The van der Waals surface area contributed by atoms with Crippen molar-refractivity contribution in [2.75, 3.05) is 30.0 Å². The van der Waals surface area contributed by atoms with Crippen molar-refractivity contribution in [3.05, 3.63) is 64.7 Å². The summed E-state index contributed by atoms with van der Waals surface area (Å²) in [5.41, 5.74) is 5.04. The topological polar surface area (TPSA) is 84.5 Å². The smallest absolute Gasteiger partial charge is 0.237 e. The van der Waals surface area contributed by atoms with Gasteiger partial charge in [-0.2, -0.15) is 0 Å². The van der Waals surface area contributed by atoms with Crippen LogP contribution in [0.15, 0.2) is 42.5 Å². The first-order chi connectivity index (χ1) is 13.9. The third-order valence-corrected chi connectivity index (χ3v) is 6.21. The molecule has 6 nitrogen and oxygen atoms in total. The molecule has 3 rings (SSSR count). The molecular formula is C22H26N2O4S. The number of anilines is 1. The number of carbonyl (C=O) groups excluding carboxylic acids is 2. The van der Waals surface area contributed by atoms with E-state index in [2.05, 4.69) is 16.7 Å². The first kappa shape index (κ1) is 21.2. The predicted octanol–water partition coefficient (Wildman–Crippen LogP) is 2.42. The van der Waals surface area contributed by atoms with Crippen molar-refractivity contribution in [3.8, 4) is 0 Å². The molecule has 0 fully saturated rings. The van der Waals surface area contributed by atoms with Crippen molar-refractivity contribution in [1.82, 2.24) is 5.32 Å². The summed E-state index contributed by atoms with van der Waals surface area (Å²) in [7, 11) is -1.58. The molecule has 0 radical (unpaired) electrons. The Kier molecular flexibility index (Phi) is 7.17. The van der Waals surface area contributed by atoms with Crippen LogP contribution >= 0.6 is 0 Å². The van der Waals surface area contributed by atoms with Crippen LogP contribution in [-0.2, 0) is 31.5 Å². The number of hydrogen-bond donors (Lipinski definition) is 2. The van der Waals surface area contributed by atoms with E-state index in [0.29, 0.717) is 18.8 Å². The van der Waals surface area contributed by atoms with Gasteiger partial charge in [-0.15, -0.1) is 0 Å². The van der Waals surface area contributed by atoms with Crippen LogP contribution in [0.2, 0.25) is 0 Å². The molecule has 2 aromatic rings. The van der Waals surface area contributed by atoms with Gasteiger partial charge >= 0.3 is 0 Å². The molecule has 0 spiro atoms. The number of aryl methyl sites for hydroxylation is 1. The molecule has 1 aliphatic heterocycles. The Morgan fingerprint density at radius 2 is 1.83 bits per heavy atom. The van der Waals surface area contributed by atoms with Crippen LogP contribution in [0.5, 0.6) is 0 Å². The Balaban J connectivity index is 1.45. The maximum absolute atomic E-state index is 12.2. The monoisotopic (exact) mass is 414 g/mol. The van der Waals surface area contributed by atoms with Gasteiger partial charge in [0.1, 0.15) is 17.6 Å². The molecular weight excluding hydrogens is 388 g/mol. The molecule has 0 unspecified atom stereocenters. The van der Waals surface area contributed by atoms with Gasteiger partial charge in [0.15, 0.2) is 0 Å². The molecule has 0 saturated heterocycles. The van der Waals surface area contributed by atoms with Crippen molar-refractivity contribution in [1.29, 1.82) is 0 Å². The number of amides is 2. The second-order valence-corrected chi connectivity index (χ2v) is 8.59. The van der Waals surface area contributed by atoms with E-state index in [1.165, 1.54) is 5.56 Å². The van der Waals surface area contributed by atoms with Crippen molar-refractivity contribution < 1.29 is 18.5 Å². The van der Waals surface area contributed by atoms with Gasteiger partial charge in [-0.05, 0) is 48.6 Å². The quantitative estimate of drug-likeness (QED) is 0.729. The van der Waals surface area contributed by atoms with E-state index in [9.17, 15) is 13.8 Å². The second kappa shape index (κ2) is 9.80. The lowest BCUT2D eigenvalue weighted by Crippen LogP contribution is -2.35. The van der Waals surface area contributed by atoms with Gasteiger partial charge in [0.05, 0.1) is 6.61 Å². The number of hydrogen-bond acceptors (Lipinski definition) is 4. The Morgan fingerprint density at radius 3 is 2.66 bits per heavy atom. The molecule has 29 heavy (non-hydrogen) atoms. The highest BCUT2D eigenvalue weighted by Crippen LogP contribution is 2.26. The molecule has 0 saturated carbocycles. The molecule has 2 amide bonds. The van der Waals surface area contributed by atoms with Crippen molar-refractivity contribution >= 4 is 28.3 Å². The van der Waals surface area contributed by atoms with Crippen LogP contribution in [-0.4, -0.2) is 40.7 Å². The summed E-state index contributed by atoms with van der Waals surface area (Å²) in [6.45, 7) is 4.81. The summed E-state index contributed by atoms with van der Waals surface area (Å²) < 4.78 is 18.0. The summed E-state index contributed by atoms with van der Waals surface area (Å²) >= 11 is 0. The number of nitrogens with one attached hydrogen (secondary N) is 2. The minimum Gasteiger partial charge on any atom is -0.371 e. The maximum atomic E-state index is 12.2. The van der Waals surface area contributed by atoms with Crippen molar-refractivity contribution in [2.24, 2.45) is 0 Å². The Labute approximate surface area is 173 Å². The SMILES string of the molecule is Cc1cccc(NC(=O)C[S@@](=O)CC(=O)NC[C@H]2OCCc3ccccc32)c1C. The Bertz CT molecular complexity index is 929. The van der Waals surface area contributed by atoms with E-state index >= 15 is 0 Å². The normalized spacial score (nSPS) is 16.6. The highest BCUT2D eigenvalue weighted by molar-refractivity contribution is 7.86. The molecule has 0 aliphatic carbocycles. The summed E-state index contributed by atoms with van der Waals surface area (Å²) in [5.74, 6) is -1.15. The molecule has 0 aromatic heterocycles. The molecule has 154 valence electrons. The third-order valence-electron chi connectivity index (χ3n) is 5.04. The number of benzene rings is 2. The van der Waals surface area contributed by atoms with Gasteiger partial charge in [-0.1, -0.05) is 36.4 Å². The third kappa shape index (κ3) is 5.74. The fourth-order valence-corrected chi connectivity index (χ4v) is 4.18. The number of carbonyl (C=O) groups is 2. The fraction of sp³-hybridized carbons (Fsp3) is 0.364. The lowest BCUT2D eigenvalue weighted by molar-refractivity contribution is -0.119. The van der Waals surface area contributed by atoms with Crippen LogP contribution in [0, 0.1) is 13.8 Å². The summed E-state index contributed by atoms with van der Waals surface area (Å²) in [6, 6.07) is 13.6. The standard InChI is InChI=1S/C22H26N2O4S/c1-15-6-5-9-19(16(15)2)24-22(26)14-29(27)13-21(25)23-12-20-18-8-4-3-7-17(18)10-11-28-20/h3-9,20H,10-14H2,1-2H3,(H,23,25)(H,24,26)/t20-,29+/m1/s1. The van der Waals surface area contributed by atoms with E-state index in [4.69, 9.17) is 4.74 Å². The van der Waals surface area contributed by atoms with Crippen LogP contribution in [0.3, 0.4) is 0 Å². The predicted molar refractivity (Wildman–Crippen MR) is 114 cm³/mol. The number of rotatable bonds is 7. The number of ether oxygens (including phenoxy) is 1. The molecule has 2 N–H and O–H groups in total. The minimum atomic E-state index is -1.58. The zero-order valence-corrected chi connectivity index (χ0v) is 17.5. The van der Waals surface area contributed by atoms with E-state index in [1.54, 1.807) is 6.07 Å². The van der Waals surface area contributed by atoms with Gasteiger partial charge in [0, 0.05) is 23.0 Å². The average Bonchev–Trinajstić information content (AvgIpc) is 2.69.